The van der Waals surface area contributed by atoms with Gasteiger partial charge in [-0.1, -0.05) is 11.6 Å². The third kappa shape index (κ3) is 0.772. The van der Waals surface area contributed by atoms with E-state index in [0.717, 1.165) is 11.5 Å². The van der Waals surface area contributed by atoms with Gasteiger partial charge in [-0.05, 0) is 0 Å². The van der Waals surface area contributed by atoms with Crippen molar-refractivity contribution < 1.29 is 0 Å². The van der Waals surface area contributed by atoms with E-state index in [0.29, 0.717) is 5.15 Å². The van der Waals surface area contributed by atoms with Gasteiger partial charge in [0.2, 0.25) is 0 Å². The van der Waals surface area contributed by atoms with Crippen molar-refractivity contribution in [3.8, 4) is 0 Å². The summed E-state index contributed by atoms with van der Waals surface area (Å²) in [6.45, 7) is 0. The summed E-state index contributed by atoms with van der Waals surface area (Å²) in [4.78, 5) is 0. The largest absolute Gasteiger partial charge is 0.270 e. The second-order valence-electron chi connectivity index (χ2n) is 2.33. The maximum Gasteiger partial charge on any atom is 0.155 e. The first-order valence-corrected chi connectivity index (χ1v) is 4.60. The molecule has 0 saturated heterocycles. The van der Waals surface area contributed by atoms with E-state index in [1.165, 1.54) is 11.3 Å². The van der Waals surface area contributed by atoms with Crippen molar-refractivity contribution in [2.75, 3.05) is 0 Å². The Morgan fingerprint density at radius 3 is 3.10 bits per heavy atom. The fourth-order valence-electron chi connectivity index (χ4n) is 1.14. The second-order valence-corrected chi connectivity index (χ2v) is 3.68. The molecule has 0 N–H and O–H groups in total. The zero-order valence-electron chi connectivity index (χ0n) is 5.59. The van der Waals surface area contributed by atoms with E-state index in [4.69, 9.17) is 11.6 Å². The van der Waals surface area contributed by atoms with E-state index in [-0.39, 0.29) is 0 Å². The highest BCUT2D eigenvalue weighted by atomic mass is 35.5. The molecule has 0 bridgehead atoms. The topological polar surface area (TPSA) is 17.8 Å². The Morgan fingerprint density at radius 1 is 1.60 bits per heavy atom. The highest BCUT2D eigenvalue weighted by Crippen LogP contribution is 2.33. The van der Waals surface area contributed by atoms with E-state index in [1.54, 1.807) is 0 Å². The number of aromatic nitrogens is 2. The van der Waals surface area contributed by atoms with Crippen molar-refractivity contribution in [1.82, 2.24) is 9.78 Å². The summed E-state index contributed by atoms with van der Waals surface area (Å²) in [6, 6.07) is 0. The molecule has 0 atom stereocenters. The molecule has 0 fully saturated rings. The minimum Gasteiger partial charge on any atom is -0.270 e. The molecule has 54 valence electrons. The fraction of sp³-hybridized carbons (Fsp3) is 0.500. The van der Waals surface area contributed by atoms with Crippen LogP contribution in [0.2, 0.25) is 5.15 Å². The molecule has 0 aromatic carbocycles. The lowest BCUT2D eigenvalue weighted by Crippen LogP contribution is -1.94. The van der Waals surface area contributed by atoms with Gasteiger partial charge >= 0.3 is 0 Å². The molecule has 1 aliphatic heterocycles. The van der Waals surface area contributed by atoms with Crippen molar-refractivity contribution in [3.63, 3.8) is 0 Å². The summed E-state index contributed by atoms with van der Waals surface area (Å²) < 4.78 is 1.87. The predicted molar refractivity (Wildman–Crippen MR) is 43.2 cm³/mol. The molecule has 0 spiro atoms. The fourth-order valence-corrected chi connectivity index (χ4v) is 2.67. The highest BCUT2D eigenvalue weighted by molar-refractivity contribution is 7.98. The van der Waals surface area contributed by atoms with Crippen LogP contribution >= 0.6 is 23.4 Å². The summed E-state index contributed by atoms with van der Waals surface area (Å²) in [5.41, 5.74) is 2.52. The molecule has 1 aromatic rings. The normalized spacial score (nSPS) is 15.8. The van der Waals surface area contributed by atoms with Gasteiger partial charge in [-0.25, -0.2) is 0 Å². The van der Waals surface area contributed by atoms with Crippen LogP contribution in [0.15, 0.2) is 0 Å². The van der Waals surface area contributed by atoms with E-state index < -0.39 is 0 Å². The molecule has 1 aromatic heterocycles. The molecular formula is C6H7ClN2S. The highest BCUT2D eigenvalue weighted by Gasteiger charge is 2.19. The van der Waals surface area contributed by atoms with Crippen molar-refractivity contribution in [2.24, 2.45) is 7.05 Å². The standard InChI is InChI=1S/C6H7ClN2S/c1-9-5-3-10-2-4(5)6(7)8-9/h2-3H2,1H3. The maximum atomic E-state index is 5.85. The summed E-state index contributed by atoms with van der Waals surface area (Å²) in [7, 11) is 1.94. The Bertz CT molecular complexity index is 244. The van der Waals surface area contributed by atoms with Crippen molar-refractivity contribution >= 4 is 23.4 Å². The molecule has 2 rings (SSSR count). The Balaban J connectivity index is 2.61. The zero-order chi connectivity index (χ0) is 7.14. The summed E-state index contributed by atoms with van der Waals surface area (Å²) in [6.07, 6.45) is 0. The minimum absolute atomic E-state index is 0.683. The number of thioether (sulfide) groups is 1. The number of hydrogen-bond donors (Lipinski definition) is 0. The number of nitrogens with zero attached hydrogens (tertiary/aromatic N) is 2. The molecule has 4 heteroatoms. The van der Waals surface area contributed by atoms with Crippen LogP contribution in [0.25, 0.3) is 0 Å². The Kier molecular flexibility index (Phi) is 1.42. The number of aryl methyl sites for hydroxylation is 1. The first-order chi connectivity index (χ1) is 4.79. The van der Waals surface area contributed by atoms with Gasteiger partial charge in [-0.15, -0.1) is 0 Å². The summed E-state index contributed by atoms with van der Waals surface area (Å²) >= 11 is 7.74. The second kappa shape index (κ2) is 2.17. The Labute approximate surface area is 68.6 Å². The molecule has 0 saturated carbocycles. The van der Waals surface area contributed by atoms with Crippen LogP contribution < -0.4 is 0 Å². The SMILES string of the molecule is Cn1nc(Cl)c2c1CSC2. The first-order valence-electron chi connectivity index (χ1n) is 3.07. The van der Waals surface area contributed by atoms with Gasteiger partial charge in [-0.2, -0.15) is 16.9 Å². The number of halogens is 1. The number of hydrogen-bond acceptors (Lipinski definition) is 2. The summed E-state index contributed by atoms with van der Waals surface area (Å²) in [5.74, 6) is 2.09. The van der Waals surface area contributed by atoms with Gasteiger partial charge in [0.15, 0.2) is 5.15 Å². The average Bonchev–Trinajstić information content (AvgIpc) is 2.39. The number of fused-ring (bicyclic) bond motifs is 1. The van der Waals surface area contributed by atoms with Crippen LogP contribution in [-0.4, -0.2) is 9.78 Å². The van der Waals surface area contributed by atoms with E-state index in [9.17, 15) is 0 Å². The Hall–Kier alpha value is -0.150. The van der Waals surface area contributed by atoms with Crippen LogP contribution in [0.3, 0.4) is 0 Å². The molecule has 0 amide bonds. The molecule has 2 heterocycles. The molecule has 1 aliphatic rings. The number of rotatable bonds is 0. The van der Waals surface area contributed by atoms with Gasteiger partial charge in [0, 0.05) is 24.1 Å². The van der Waals surface area contributed by atoms with Crippen LogP contribution in [-0.2, 0) is 18.6 Å². The van der Waals surface area contributed by atoms with Crippen molar-refractivity contribution in [3.05, 3.63) is 16.4 Å². The van der Waals surface area contributed by atoms with Crippen LogP contribution in [0, 0.1) is 0 Å². The molecule has 0 radical (unpaired) electrons. The van der Waals surface area contributed by atoms with Gasteiger partial charge in [0.1, 0.15) is 0 Å². The van der Waals surface area contributed by atoms with Crippen LogP contribution in [0.4, 0.5) is 0 Å². The monoisotopic (exact) mass is 174 g/mol. The zero-order valence-corrected chi connectivity index (χ0v) is 7.17. The van der Waals surface area contributed by atoms with Gasteiger partial charge in [-0.3, -0.25) is 4.68 Å². The van der Waals surface area contributed by atoms with Gasteiger partial charge in [0.05, 0.1) is 5.69 Å². The van der Waals surface area contributed by atoms with E-state index in [1.807, 2.05) is 23.5 Å². The Morgan fingerprint density at radius 2 is 2.40 bits per heavy atom. The maximum absolute atomic E-state index is 5.85. The smallest absolute Gasteiger partial charge is 0.155 e. The molecule has 0 unspecified atom stereocenters. The van der Waals surface area contributed by atoms with Crippen LogP contribution in [0.1, 0.15) is 11.3 Å². The summed E-state index contributed by atoms with van der Waals surface area (Å²) in [5, 5.41) is 4.78. The lowest BCUT2D eigenvalue weighted by atomic mass is 10.3. The minimum atomic E-state index is 0.683. The average molecular weight is 175 g/mol. The third-order valence-corrected chi connectivity index (χ3v) is 2.99. The molecular weight excluding hydrogens is 168 g/mol. The van der Waals surface area contributed by atoms with Crippen molar-refractivity contribution in [2.45, 2.75) is 11.5 Å². The lowest BCUT2D eigenvalue weighted by Gasteiger charge is -1.91. The molecule has 2 nitrogen and oxygen atoms in total. The van der Waals surface area contributed by atoms with E-state index >= 15 is 0 Å². The van der Waals surface area contributed by atoms with Gasteiger partial charge in [0.25, 0.3) is 0 Å². The molecule has 10 heavy (non-hydrogen) atoms. The van der Waals surface area contributed by atoms with E-state index in [2.05, 4.69) is 5.10 Å². The lowest BCUT2D eigenvalue weighted by molar-refractivity contribution is 0.737. The third-order valence-electron chi connectivity index (χ3n) is 1.71. The van der Waals surface area contributed by atoms with Crippen LogP contribution in [0.5, 0.6) is 0 Å². The van der Waals surface area contributed by atoms with Crippen molar-refractivity contribution in [1.29, 1.82) is 0 Å². The van der Waals surface area contributed by atoms with Gasteiger partial charge < -0.3 is 0 Å². The first kappa shape index (κ1) is 6.55. The predicted octanol–water partition coefficient (Wildman–Crippen LogP) is 1.82. The molecule has 0 aliphatic carbocycles. The quantitative estimate of drug-likeness (QED) is 0.597.